The predicted molar refractivity (Wildman–Crippen MR) is 120 cm³/mol. The molecule has 6 nitrogen and oxygen atoms in total. The number of ether oxygens (including phenoxy) is 2. The molecule has 0 unspecified atom stereocenters. The van der Waals surface area contributed by atoms with Gasteiger partial charge in [0.15, 0.2) is 0 Å². The molecule has 0 spiro atoms. The van der Waals surface area contributed by atoms with Crippen molar-refractivity contribution in [2.24, 2.45) is 0 Å². The molecule has 0 heterocycles. The van der Waals surface area contributed by atoms with Gasteiger partial charge in [-0.2, -0.15) is 0 Å². The monoisotopic (exact) mass is 412 g/mol. The number of anilines is 2. The molecule has 30 heavy (non-hydrogen) atoms. The van der Waals surface area contributed by atoms with E-state index >= 15 is 0 Å². The van der Waals surface area contributed by atoms with Crippen LogP contribution in [0.15, 0.2) is 42.5 Å². The van der Waals surface area contributed by atoms with Crippen LogP contribution >= 0.6 is 0 Å². The second kappa shape index (κ2) is 11.9. The molecule has 2 amide bonds. The van der Waals surface area contributed by atoms with E-state index < -0.39 is 0 Å². The van der Waals surface area contributed by atoms with Crippen LogP contribution in [0.3, 0.4) is 0 Å². The van der Waals surface area contributed by atoms with Crippen molar-refractivity contribution < 1.29 is 19.1 Å². The largest absolute Gasteiger partial charge is 0.495 e. The smallest absolute Gasteiger partial charge is 0.323 e. The third kappa shape index (κ3) is 7.43. The quantitative estimate of drug-likeness (QED) is 0.615. The summed E-state index contributed by atoms with van der Waals surface area (Å²) in [5, 5.41) is 5.74. The summed E-state index contributed by atoms with van der Waals surface area (Å²) >= 11 is 0. The maximum Gasteiger partial charge on any atom is 0.323 e. The Labute approximate surface area is 179 Å². The minimum absolute atomic E-state index is 0.245. The van der Waals surface area contributed by atoms with Crippen LogP contribution in [0.4, 0.5) is 16.2 Å². The lowest BCUT2D eigenvalue weighted by Crippen LogP contribution is -2.20. The molecule has 2 aromatic carbocycles. The molecule has 0 saturated heterocycles. The van der Waals surface area contributed by atoms with Gasteiger partial charge in [0.2, 0.25) is 0 Å². The highest BCUT2D eigenvalue weighted by atomic mass is 16.5. The lowest BCUT2D eigenvalue weighted by Gasteiger charge is -2.22. The Bertz CT molecular complexity index is 828. The molecule has 1 aliphatic carbocycles. The number of methoxy groups -OCH3 is 2. The second-order valence-electron chi connectivity index (χ2n) is 7.44. The average molecular weight is 413 g/mol. The minimum Gasteiger partial charge on any atom is -0.495 e. The highest BCUT2D eigenvalue weighted by molar-refractivity contribution is 6.00. The van der Waals surface area contributed by atoms with Gasteiger partial charge in [0, 0.05) is 12.6 Å². The Morgan fingerprint density at radius 3 is 2.13 bits per heavy atom. The SMILES string of the molecule is COC(C)=O.COc1ccc(C)cc1NC(=O)Nc1ccc(C2CCCCC2)cc1. The molecule has 1 aliphatic rings. The van der Waals surface area contributed by atoms with Gasteiger partial charge in [-0.1, -0.05) is 37.5 Å². The van der Waals surface area contributed by atoms with Crippen molar-refractivity contribution in [3.8, 4) is 5.75 Å². The molecule has 0 radical (unpaired) electrons. The van der Waals surface area contributed by atoms with Gasteiger partial charge in [-0.25, -0.2) is 4.79 Å². The van der Waals surface area contributed by atoms with Gasteiger partial charge in [0.1, 0.15) is 5.75 Å². The van der Waals surface area contributed by atoms with E-state index in [4.69, 9.17) is 4.74 Å². The minimum atomic E-state index is -0.269. The molecule has 0 aliphatic heterocycles. The number of carbonyl (C=O) groups is 2. The van der Waals surface area contributed by atoms with Crippen LogP contribution in [0, 0.1) is 6.92 Å². The summed E-state index contributed by atoms with van der Waals surface area (Å²) in [4.78, 5) is 21.9. The number of esters is 1. The van der Waals surface area contributed by atoms with E-state index in [-0.39, 0.29) is 12.0 Å². The first-order chi connectivity index (χ1) is 14.4. The van der Waals surface area contributed by atoms with Crippen LogP contribution in [0.25, 0.3) is 0 Å². The molecule has 0 aromatic heterocycles. The molecule has 2 N–H and O–H groups in total. The number of hydrogen-bond donors (Lipinski definition) is 2. The van der Waals surface area contributed by atoms with Gasteiger partial charge in [-0.3, -0.25) is 4.79 Å². The van der Waals surface area contributed by atoms with Crippen molar-refractivity contribution in [2.75, 3.05) is 24.9 Å². The molecule has 0 atom stereocenters. The number of rotatable bonds is 4. The first kappa shape index (κ1) is 23.3. The summed E-state index contributed by atoms with van der Waals surface area (Å²) in [7, 11) is 2.94. The molecule has 6 heteroatoms. The number of urea groups is 1. The van der Waals surface area contributed by atoms with Crippen LogP contribution in [-0.2, 0) is 9.53 Å². The summed E-state index contributed by atoms with van der Waals surface area (Å²) in [6.07, 6.45) is 6.57. The Hall–Kier alpha value is -3.02. The third-order valence-electron chi connectivity index (χ3n) is 5.14. The number of aryl methyl sites for hydroxylation is 1. The second-order valence-corrected chi connectivity index (χ2v) is 7.44. The van der Waals surface area contributed by atoms with Gasteiger partial charge in [0.05, 0.1) is 19.9 Å². The zero-order valence-electron chi connectivity index (χ0n) is 18.3. The van der Waals surface area contributed by atoms with Crippen molar-refractivity contribution in [1.29, 1.82) is 0 Å². The Kier molecular flexibility index (Phi) is 9.19. The number of hydrogen-bond acceptors (Lipinski definition) is 4. The number of amides is 2. The maximum absolute atomic E-state index is 12.3. The molecule has 1 saturated carbocycles. The summed E-state index contributed by atoms with van der Waals surface area (Å²) in [5.74, 6) is 1.08. The molecule has 1 fully saturated rings. The fourth-order valence-corrected chi connectivity index (χ4v) is 3.48. The first-order valence-electron chi connectivity index (χ1n) is 10.3. The van der Waals surface area contributed by atoms with E-state index in [2.05, 4.69) is 27.5 Å². The Balaban J connectivity index is 0.000000575. The summed E-state index contributed by atoms with van der Waals surface area (Å²) in [6.45, 7) is 3.34. The molecular weight excluding hydrogens is 380 g/mol. The van der Waals surface area contributed by atoms with E-state index in [0.29, 0.717) is 17.4 Å². The van der Waals surface area contributed by atoms with Gasteiger partial charge >= 0.3 is 12.0 Å². The average Bonchev–Trinajstić information content (AvgIpc) is 2.75. The number of carbonyl (C=O) groups excluding carboxylic acids is 2. The normalized spacial score (nSPS) is 13.5. The lowest BCUT2D eigenvalue weighted by molar-refractivity contribution is -0.137. The van der Waals surface area contributed by atoms with E-state index in [1.54, 1.807) is 7.11 Å². The zero-order valence-corrected chi connectivity index (χ0v) is 18.3. The van der Waals surface area contributed by atoms with Gasteiger partial charge in [-0.05, 0) is 61.1 Å². The van der Waals surface area contributed by atoms with Crippen molar-refractivity contribution in [1.82, 2.24) is 0 Å². The molecule has 162 valence electrons. The third-order valence-corrected chi connectivity index (χ3v) is 5.14. The van der Waals surface area contributed by atoms with Gasteiger partial charge in [-0.15, -0.1) is 0 Å². The summed E-state index contributed by atoms with van der Waals surface area (Å²) in [5.41, 5.74) is 3.90. The van der Waals surface area contributed by atoms with E-state index in [1.165, 1.54) is 51.7 Å². The maximum atomic E-state index is 12.3. The van der Waals surface area contributed by atoms with Crippen molar-refractivity contribution in [2.45, 2.75) is 51.9 Å². The fraction of sp³-hybridized carbons (Fsp3) is 0.417. The molecule has 0 bridgehead atoms. The highest BCUT2D eigenvalue weighted by Gasteiger charge is 2.15. The molecule has 3 rings (SSSR count). The Morgan fingerprint density at radius 2 is 1.57 bits per heavy atom. The van der Waals surface area contributed by atoms with Crippen LogP contribution < -0.4 is 15.4 Å². The Morgan fingerprint density at radius 1 is 0.933 bits per heavy atom. The molecular formula is C24H32N2O4. The number of benzene rings is 2. The first-order valence-corrected chi connectivity index (χ1v) is 10.3. The summed E-state index contributed by atoms with van der Waals surface area (Å²) < 4.78 is 9.40. The molecule has 2 aromatic rings. The summed E-state index contributed by atoms with van der Waals surface area (Å²) in [6, 6.07) is 13.7. The van der Waals surface area contributed by atoms with Crippen molar-refractivity contribution in [3.63, 3.8) is 0 Å². The zero-order chi connectivity index (χ0) is 21.9. The van der Waals surface area contributed by atoms with Crippen LogP contribution in [0.5, 0.6) is 5.75 Å². The van der Waals surface area contributed by atoms with Gasteiger partial charge in [0.25, 0.3) is 0 Å². The van der Waals surface area contributed by atoms with E-state index in [9.17, 15) is 9.59 Å². The number of nitrogens with one attached hydrogen (secondary N) is 2. The van der Waals surface area contributed by atoms with Crippen molar-refractivity contribution in [3.05, 3.63) is 53.6 Å². The van der Waals surface area contributed by atoms with Crippen LogP contribution in [0.1, 0.15) is 56.1 Å². The van der Waals surface area contributed by atoms with E-state index in [1.807, 2.05) is 37.3 Å². The van der Waals surface area contributed by atoms with Crippen LogP contribution in [-0.4, -0.2) is 26.2 Å². The van der Waals surface area contributed by atoms with Crippen molar-refractivity contribution >= 4 is 23.4 Å². The highest BCUT2D eigenvalue weighted by Crippen LogP contribution is 2.33. The predicted octanol–water partition coefficient (Wildman–Crippen LogP) is 5.87. The van der Waals surface area contributed by atoms with E-state index in [0.717, 1.165) is 11.3 Å². The van der Waals surface area contributed by atoms with Gasteiger partial charge < -0.3 is 20.1 Å². The standard InChI is InChI=1S/C21H26N2O2.C3H6O2/c1-15-8-13-20(25-2)19(14-15)23-21(24)22-18-11-9-17(10-12-18)16-6-4-3-5-7-16;1-3(4)5-2/h8-14,16H,3-7H2,1-2H3,(H2,22,23,24);1-2H3. The topological polar surface area (TPSA) is 76.7 Å². The lowest BCUT2D eigenvalue weighted by atomic mass is 9.84. The fourth-order valence-electron chi connectivity index (χ4n) is 3.48. The van der Waals surface area contributed by atoms with Crippen LogP contribution in [0.2, 0.25) is 0 Å².